The number of nitrogens with one attached hydrogen (secondary N) is 1. The molecule has 1 rings (SSSR count). The number of hydrogen-bond donors (Lipinski definition) is 2. The summed E-state index contributed by atoms with van der Waals surface area (Å²) >= 11 is 0. The molecule has 0 aliphatic heterocycles. The molecule has 0 radical (unpaired) electrons. The van der Waals surface area contributed by atoms with E-state index in [-0.39, 0.29) is 19.1 Å². The van der Waals surface area contributed by atoms with Crippen LogP contribution in [0.25, 0.3) is 0 Å². The largest absolute Gasteiger partial charge is 0.491 e. The predicted molar refractivity (Wildman–Crippen MR) is 76.7 cm³/mol. The van der Waals surface area contributed by atoms with E-state index in [2.05, 4.69) is 10.1 Å². The number of aliphatic hydroxyl groups is 1. The highest BCUT2D eigenvalue weighted by Gasteiger charge is 2.05. The fourth-order valence-electron chi connectivity index (χ4n) is 1.45. The van der Waals surface area contributed by atoms with Crippen LogP contribution in [0.4, 0.5) is 0 Å². The van der Waals surface area contributed by atoms with Crippen molar-refractivity contribution in [2.24, 2.45) is 0 Å². The van der Waals surface area contributed by atoms with Gasteiger partial charge in [-0.25, -0.2) is 0 Å². The lowest BCUT2D eigenvalue weighted by Gasteiger charge is -2.15. The van der Waals surface area contributed by atoms with Gasteiger partial charge in [-0.2, -0.15) is 0 Å². The zero-order valence-corrected chi connectivity index (χ0v) is 11.3. The second-order valence-corrected chi connectivity index (χ2v) is 4.59. The molecule has 108 valence electrons. The summed E-state index contributed by atoms with van der Waals surface area (Å²) in [6.07, 6.45) is -0.819. The second-order valence-electron chi connectivity index (χ2n) is 4.59. The zero-order valence-electron chi connectivity index (χ0n) is 16.3. The van der Waals surface area contributed by atoms with Gasteiger partial charge in [-0.05, 0) is 24.1 Å². The lowest BCUT2D eigenvalue weighted by molar-refractivity contribution is 0.104. The summed E-state index contributed by atoms with van der Waals surface area (Å²) in [5.74, 6) is 0.541. The number of rotatable bonds is 9. The minimum absolute atomic E-state index is 0.141. The van der Waals surface area contributed by atoms with Crippen LogP contribution in [-0.4, -0.2) is 44.0 Å². The van der Waals surface area contributed by atoms with Crippen LogP contribution >= 0.6 is 0 Å². The van der Waals surface area contributed by atoms with Crippen LogP contribution in [0.5, 0.6) is 5.75 Å². The Morgan fingerprint density at radius 2 is 2.11 bits per heavy atom. The monoisotopic (exact) mass is 272 g/mol. The van der Waals surface area contributed by atoms with Crippen molar-refractivity contribution in [1.82, 2.24) is 5.32 Å². The van der Waals surface area contributed by atoms with Gasteiger partial charge in [0.2, 0.25) is 0 Å². The van der Waals surface area contributed by atoms with Crippen molar-refractivity contribution in [1.29, 1.82) is 0 Å². The maximum atomic E-state index is 9.77. The molecule has 0 aromatic heterocycles. The van der Waals surface area contributed by atoms with Crippen molar-refractivity contribution < 1.29 is 21.4 Å². The van der Waals surface area contributed by atoms with E-state index in [4.69, 9.17) is 11.6 Å². The highest BCUT2D eigenvalue weighted by molar-refractivity contribution is 5.27. The first-order chi connectivity index (χ1) is 11.0. The van der Waals surface area contributed by atoms with Gasteiger partial charge in [0.1, 0.15) is 18.5 Å². The molecule has 0 saturated heterocycles. The fraction of sp³-hybridized carbons (Fsp3) is 0.600. The van der Waals surface area contributed by atoms with Gasteiger partial charge in [0.15, 0.2) is 0 Å². The van der Waals surface area contributed by atoms with Gasteiger partial charge in [0.25, 0.3) is 0 Å². The molecule has 1 atom stereocenters. The molecule has 4 nitrogen and oxygen atoms in total. The molecule has 0 fully saturated rings. The van der Waals surface area contributed by atoms with Crippen molar-refractivity contribution >= 4 is 0 Å². The molecule has 0 saturated carbocycles. The molecule has 4 heteroatoms. The Labute approximate surface area is 122 Å². The molecule has 1 unspecified atom stereocenters. The summed E-state index contributed by atoms with van der Waals surface area (Å²) in [6.45, 7) is 2.26. The number of aliphatic hydroxyl groups excluding tert-OH is 1. The van der Waals surface area contributed by atoms with Crippen molar-refractivity contribution in [3.05, 3.63) is 29.8 Å². The van der Waals surface area contributed by atoms with Crippen LogP contribution in [0, 0.1) is 0 Å². The van der Waals surface area contributed by atoms with Crippen LogP contribution in [0.2, 0.25) is 0 Å². The summed E-state index contributed by atoms with van der Waals surface area (Å²) in [5.41, 5.74) is 0.582. The lowest BCUT2D eigenvalue weighted by atomic mass is 10.1. The van der Waals surface area contributed by atoms with E-state index >= 15 is 0 Å². The number of hydrogen-bond acceptors (Lipinski definition) is 4. The number of methoxy groups -OCH3 is 1. The van der Waals surface area contributed by atoms with E-state index in [9.17, 15) is 5.11 Å². The maximum Gasteiger partial charge on any atom is 0.119 e. The van der Waals surface area contributed by atoms with Crippen molar-refractivity contribution in [3.8, 4) is 5.75 Å². The zero-order chi connectivity index (χ0) is 18.4. The third-order valence-electron chi connectivity index (χ3n) is 2.48. The standard InChI is InChI=1S/C15H25NO3/c1-12(2)16-10-14(17)11-19-15-6-4-13(5-7-15)8-9-18-3/h4-7,12,14,16-17H,8-11H2,1-3H3/i3D3,9D2. The summed E-state index contributed by atoms with van der Waals surface area (Å²) < 4.78 is 46.0. The Kier molecular flexibility index (Phi) is 4.57. The molecule has 0 bridgehead atoms. The molecule has 0 aliphatic rings. The van der Waals surface area contributed by atoms with Gasteiger partial charge in [-0.15, -0.1) is 0 Å². The second kappa shape index (κ2) is 8.91. The Morgan fingerprint density at radius 1 is 1.37 bits per heavy atom. The molecule has 0 heterocycles. The van der Waals surface area contributed by atoms with Gasteiger partial charge >= 0.3 is 0 Å². The number of ether oxygens (including phenoxy) is 2. The number of aryl methyl sites for hydroxylation is 1. The Bertz CT molecular complexity index is 491. The summed E-state index contributed by atoms with van der Waals surface area (Å²) in [6, 6.07) is 6.84. The fourth-order valence-corrected chi connectivity index (χ4v) is 1.45. The first-order valence-corrected chi connectivity index (χ1v) is 6.30. The molecular weight excluding hydrogens is 242 g/mol. The minimum atomic E-state index is -2.79. The van der Waals surface area contributed by atoms with E-state index in [1.807, 2.05) is 13.8 Å². The summed E-state index contributed by atoms with van der Waals surface area (Å²) in [5, 5.41) is 12.9. The molecular formula is C15H25NO3. The quantitative estimate of drug-likeness (QED) is 0.717. The van der Waals surface area contributed by atoms with Crippen LogP contribution in [-0.2, 0) is 11.2 Å². The molecule has 0 spiro atoms. The Hall–Kier alpha value is -1.10. The van der Waals surface area contributed by atoms with Gasteiger partial charge in [-0.1, -0.05) is 26.0 Å². The molecule has 19 heavy (non-hydrogen) atoms. The highest BCUT2D eigenvalue weighted by atomic mass is 16.5. The summed E-state index contributed by atoms with van der Waals surface area (Å²) in [7, 11) is -2.79. The molecule has 0 aliphatic carbocycles. The van der Waals surface area contributed by atoms with Crippen LogP contribution in [0.15, 0.2) is 24.3 Å². The summed E-state index contributed by atoms with van der Waals surface area (Å²) in [4.78, 5) is 0. The van der Waals surface area contributed by atoms with Gasteiger partial charge in [0.05, 0.1) is 13.4 Å². The van der Waals surface area contributed by atoms with Crippen LogP contribution in [0.3, 0.4) is 0 Å². The smallest absolute Gasteiger partial charge is 0.119 e. The molecule has 0 amide bonds. The molecule has 2 N–H and O–H groups in total. The third kappa shape index (κ3) is 7.15. The predicted octanol–water partition coefficient (Wildman–Crippen LogP) is 1.61. The van der Waals surface area contributed by atoms with Crippen LogP contribution in [0.1, 0.15) is 26.3 Å². The highest BCUT2D eigenvalue weighted by Crippen LogP contribution is 2.12. The van der Waals surface area contributed by atoms with E-state index in [1.54, 1.807) is 24.3 Å². The van der Waals surface area contributed by atoms with E-state index in [0.717, 1.165) is 0 Å². The van der Waals surface area contributed by atoms with E-state index in [1.165, 1.54) is 0 Å². The Morgan fingerprint density at radius 3 is 2.74 bits per heavy atom. The van der Waals surface area contributed by atoms with Crippen molar-refractivity contribution in [3.63, 3.8) is 0 Å². The molecule has 1 aromatic carbocycles. The first kappa shape index (κ1) is 9.75. The third-order valence-corrected chi connectivity index (χ3v) is 2.48. The van der Waals surface area contributed by atoms with Crippen molar-refractivity contribution in [2.45, 2.75) is 32.4 Å². The van der Waals surface area contributed by atoms with E-state index in [0.29, 0.717) is 17.9 Å². The lowest BCUT2D eigenvalue weighted by Crippen LogP contribution is -2.35. The van der Waals surface area contributed by atoms with Crippen molar-refractivity contribution in [2.75, 3.05) is 26.7 Å². The average molecular weight is 272 g/mol. The minimum Gasteiger partial charge on any atom is -0.491 e. The topological polar surface area (TPSA) is 50.7 Å². The van der Waals surface area contributed by atoms with Gasteiger partial charge in [-0.3, -0.25) is 0 Å². The number of benzene rings is 1. The average Bonchev–Trinajstić information content (AvgIpc) is 2.41. The normalized spacial score (nSPS) is 18.0. The van der Waals surface area contributed by atoms with E-state index < -0.39 is 19.7 Å². The van der Waals surface area contributed by atoms with Gasteiger partial charge < -0.3 is 19.9 Å². The Balaban J connectivity index is 2.48. The van der Waals surface area contributed by atoms with Crippen LogP contribution < -0.4 is 10.1 Å². The first-order valence-electron chi connectivity index (χ1n) is 8.80. The maximum absolute atomic E-state index is 9.77. The molecule has 1 aromatic rings. The SMILES string of the molecule is [2H]C([2H])([2H])OC([2H])([2H])Cc1ccc(OCC(O)CNC(C)C)cc1. The van der Waals surface area contributed by atoms with Gasteiger partial charge in [0, 0.05) is 19.6 Å².